The number of ether oxygens (including phenoxy) is 1. The van der Waals surface area contributed by atoms with Crippen molar-refractivity contribution >= 4 is 5.91 Å². The molecule has 2 aliphatic rings. The van der Waals surface area contributed by atoms with Crippen LogP contribution in [0, 0.1) is 12.8 Å². The Morgan fingerprint density at radius 3 is 3.00 bits per heavy atom. The van der Waals surface area contributed by atoms with Crippen molar-refractivity contribution < 1.29 is 9.53 Å². The topological polar surface area (TPSA) is 50.6 Å². The summed E-state index contributed by atoms with van der Waals surface area (Å²) in [5.74, 6) is 0.650. The third-order valence-electron chi connectivity index (χ3n) is 4.29. The van der Waals surface area contributed by atoms with Crippen molar-refractivity contribution in [2.45, 2.75) is 25.9 Å². The lowest BCUT2D eigenvalue weighted by Gasteiger charge is -2.29. The van der Waals surface area contributed by atoms with Gasteiger partial charge in [-0.05, 0) is 19.5 Å². The van der Waals surface area contributed by atoms with Crippen LogP contribution < -0.4 is 0 Å². The molecule has 1 aromatic rings. The highest BCUT2D eigenvalue weighted by Crippen LogP contribution is 2.19. The van der Waals surface area contributed by atoms with E-state index in [1.807, 2.05) is 28.9 Å². The van der Waals surface area contributed by atoms with E-state index in [9.17, 15) is 4.79 Å². The number of aryl methyl sites for hydroxylation is 2. The third-order valence-corrected chi connectivity index (χ3v) is 4.29. The van der Waals surface area contributed by atoms with Crippen molar-refractivity contribution in [2.24, 2.45) is 5.92 Å². The predicted octanol–water partition coefficient (Wildman–Crippen LogP) is 0.371. The van der Waals surface area contributed by atoms with Crippen molar-refractivity contribution in [2.75, 3.05) is 39.9 Å². The van der Waals surface area contributed by atoms with Crippen LogP contribution in [-0.2, 0) is 16.1 Å². The largest absolute Gasteiger partial charge is 0.379 e. The van der Waals surface area contributed by atoms with Gasteiger partial charge in [0.1, 0.15) is 0 Å². The summed E-state index contributed by atoms with van der Waals surface area (Å²) in [6.45, 7) is 6.83. The van der Waals surface area contributed by atoms with Crippen LogP contribution in [0.25, 0.3) is 0 Å². The molecule has 0 spiro atoms. The van der Waals surface area contributed by atoms with Crippen LogP contribution in [0.4, 0.5) is 0 Å². The summed E-state index contributed by atoms with van der Waals surface area (Å²) in [4.78, 5) is 17.0. The van der Waals surface area contributed by atoms with Gasteiger partial charge in [-0.3, -0.25) is 9.48 Å². The number of nitrogens with zero attached hydrogens (tertiary/aromatic N) is 4. The van der Waals surface area contributed by atoms with Crippen molar-refractivity contribution in [3.63, 3.8) is 0 Å². The van der Waals surface area contributed by atoms with E-state index in [1.165, 1.54) is 0 Å². The molecule has 0 aromatic carbocycles. The summed E-state index contributed by atoms with van der Waals surface area (Å²) >= 11 is 0. The van der Waals surface area contributed by atoms with Crippen molar-refractivity contribution in [1.29, 1.82) is 0 Å². The summed E-state index contributed by atoms with van der Waals surface area (Å²) in [7, 11) is 2.13. The Labute approximate surface area is 125 Å². The Morgan fingerprint density at radius 2 is 2.24 bits per heavy atom. The minimum atomic E-state index is 0.189. The van der Waals surface area contributed by atoms with Crippen LogP contribution >= 0.6 is 0 Å². The Bertz CT molecular complexity index is 502. The van der Waals surface area contributed by atoms with E-state index in [-0.39, 0.29) is 11.9 Å². The molecule has 2 bridgehead atoms. The predicted molar refractivity (Wildman–Crippen MR) is 78.9 cm³/mol. The monoisotopic (exact) mass is 292 g/mol. The molecule has 1 amide bonds. The van der Waals surface area contributed by atoms with Gasteiger partial charge >= 0.3 is 0 Å². The number of rotatable bonds is 3. The van der Waals surface area contributed by atoms with Gasteiger partial charge in [0.25, 0.3) is 0 Å². The summed E-state index contributed by atoms with van der Waals surface area (Å²) in [5.41, 5.74) is 1.13. The molecule has 21 heavy (non-hydrogen) atoms. The zero-order valence-corrected chi connectivity index (χ0v) is 12.9. The molecule has 0 N–H and O–H groups in total. The summed E-state index contributed by atoms with van der Waals surface area (Å²) in [5, 5.41) is 4.24. The normalized spacial score (nSPS) is 26.7. The second-order valence-electron chi connectivity index (χ2n) is 6.36. The first-order valence-electron chi connectivity index (χ1n) is 7.66. The van der Waals surface area contributed by atoms with E-state index in [4.69, 9.17) is 4.74 Å². The van der Waals surface area contributed by atoms with E-state index in [2.05, 4.69) is 17.0 Å². The van der Waals surface area contributed by atoms with Gasteiger partial charge in [-0.2, -0.15) is 5.10 Å². The molecule has 2 aliphatic heterocycles. The molecule has 2 saturated heterocycles. The fourth-order valence-electron chi connectivity index (χ4n) is 3.33. The average Bonchev–Trinajstić information content (AvgIpc) is 2.65. The zero-order valence-electron chi connectivity index (χ0n) is 12.9. The highest BCUT2D eigenvalue weighted by Gasteiger charge is 2.34. The molecule has 2 fully saturated rings. The number of aromatic nitrogens is 2. The number of hydrogen-bond donors (Lipinski definition) is 0. The van der Waals surface area contributed by atoms with Crippen molar-refractivity contribution in [1.82, 2.24) is 19.6 Å². The Morgan fingerprint density at radius 1 is 1.38 bits per heavy atom. The lowest BCUT2D eigenvalue weighted by Crippen LogP contribution is -2.46. The fraction of sp³-hybridized carbons (Fsp3) is 0.733. The molecular formula is C15H24N4O2. The number of fused-ring (bicyclic) bond motifs is 3. The minimum absolute atomic E-state index is 0.189. The van der Waals surface area contributed by atoms with Crippen LogP contribution in [0.15, 0.2) is 12.4 Å². The van der Waals surface area contributed by atoms with Gasteiger partial charge in [0.2, 0.25) is 5.91 Å². The molecule has 2 atom stereocenters. The van der Waals surface area contributed by atoms with E-state index in [0.717, 1.165) is 31.8 Å². The third kappa shape index (κ3) is 3.44. The SMILES string of the molecule is Cc1cnn(CCC(=O)N2C[C@H]3COC[C@@H]2CN(C)C3)c1. The van der Waals surface area contributed by atoms with Crippen LogP contribution in [0.2, 0.25) is 0 Å². The van der Waals surface area contributed by atoms with E-state index in [0.29, 0.717) is 25.5 Å². The van der Waals surface area contributed by atoms with Crippen molar-refractivity contribution in [3.05, 3.63) is 18.0 Å². The maximum Gasteiger partial charge on any atom is 0.224 e. The van der Waals surface area contributed by atoms with Gasteiger partial charge in [-0.15, -0.1) is 0 Å². The Kier molecular flexibility index (Phi) is 4.26. The van der Waals surface area contributed by atoms with Gasteiger partial charge in [-0.25, -0.2) is 0 Å². The number of carbonyl (C=O) groups excluding carboxylic acids is 1. The summed E-state index contributed by atoms with van der Waals surface area (Å²) in [6.07, 6.45) is 4.31. The minimum Gasteiger partial charge on any atom is -0.379 e. The molecule has 1 aromatic heterocycles. The van der Waals surface area contributed by atoms with Crippen LogP contribution in [0.5, 0.6) is 0 Å². The van der Waals surface area contributed by atoms with Gasteiger partial charge in [0.05, 0.1) is 25.5 Å². The molecule has 0 unspecified atom stereocenters. The van der Waals surface area contributed by atoms with Crippen molar-refractivity contribution in [3.8, 4) is 0 Å². The molecule has 3 rings (SSSR count). The first-order valence-corrected chi connectivity index (χ1v) is 7.66. The Hall–Kier alpha value is -1.40. The first-order chi connectivity index (χ1) is 10.1. The van der Waals surface area contributed by atoms with E-state index < -0.39 is 0 Å². The van der Waals surface area contributed by atoms with Gasteiger partial charge in [-0.1, -0.05) is 0 Å². The molecule has 0 radical (unpaired) electrons. The van der Waals surface area contributed by atoms with Crippen LogP contribution in [0.3, 0.4) is 0 Å². The van der Waals surface area contributed by atoms with Gasteiger partial charge < -0.3 is 14.5 Å². The number of likely N-dealkylation sites (N-methyl/N-ethyl adjacent to an activating group) is 1. The molecule has 116 valence electrons. The van der Waals surface area contributed by atoms with E-state index in [1.54, 1.807) is 0 Å². The summed E-state index contributed by atoms with van der Waals surface area (Å²) < 4.78 is 7.57. The fourth-order valence-corrected chi connectivity index (χ4v) is 3.33. The summed E-state index contributed by atoms with van der Waals surface area (Å²) in [6, 6.07) is 0.189. The standard InChI is InChI=1S/C15H24N4O2/c1-12-5-16-18(6-12)4-3-15(20)19-8-13-7-17(2)9-14(19)11-21-10-13/h5-6,13-14H,3-4,7-11H2,1-2H3/t13-,14-/m0/s1. The quantitative estimate of drug-likeness (QED) is 0.808. The van der Waals surface area contributed by atoms with Gasteiger partial charge in [0.15, 0.2) is 0 Å². The maximum absolute atomic E-state index is 12.6. The van der Waals surface area contributed by atoms with Crippen LogP contribution in [0.1, 0.15) is 12.0 Å². The highest BCUT2D eigenvalue weighted by atomic mass is 16.5. The van der Waals surface area contributed by atoms with Crippen LogP contribution in [-0.4, -0.2) is 71.4 Å². The lowest BCUT2D eigenvalue weighted by molar-refractivity contribution is -0.134. The second-order valence-corrected chi connectivity index (χ2v) is 6.36. The maximum atomic E-state index is 12.6. The molecular weight excluding hydrogens is 268 g/mol. The second kappa shape index (κ2) is 6.15. The first kappa shape index (κ1) is 14.5. The smallest absolute Gasteiger partial charge is 0.224 e. The molecule has 0 aliphatic carbocycles. The zero-order chi connectivity index (χ0) is 14.8. The molecule has 6 heteroatoms. The number of amides is 1. The number of hydrogen-bond acceptors (Lipinski definition) is 4. The highest BCUT2D eigenvalue weighted by molar-refractivity contribution is 5.76. The average molecular weight is 292 g/mol. The Balaban J connectivity index is 1.63. The molecule has 6 nitrogen and oxygen atoms in total. The molecule has 0 saturated carbocycles. The number of carbonyl (C=O) groups is 1. The molecule has 3 heterocycles. The van der Waals surface area contributed by atoms with E-state index >= 15 is 0 Å². The van der Waals surface area contributed by atoms with Gasteiger partial charge in [0, 0.05) is 44.7 Å². The lowest BCUT2D eigenvalue weighted by atomic mass is 10.1.